The van der Waals surface area contributed by atoms with E-state index in [9.17, 15) is 10.2 Å². The first-order chi connectivity index (χ1) is 9.58. The van der Waals surface area contributed by atoms with Crippen LogP contribution in [-0.2, 0) is 0 Å². The SMILES string of the molecule is Oc1ccccc1/C=N\N=C/c1cc(I)cc(I)c1O. The summed E-state index contributed by atoms with van der Waals surface area (Å²) in [5, 5.41) is 27.2. The molecule has 0 aromatic heterocycles. The molecule has 0 bridgehead atoms. The second-order valence-corrected chi connectivity index (χ2v) is 6.28. The van der Waals surface area contributed by atoms with Crippen LogP contribution in [0.4, 0.5) is 0 Å². The molecule has 102 valence electrons. The Labute approximate surface area is 143 Å². The van der Waals surface area contributed by atoms with Gasteiger partial charge in [0.1, 0.15) is 11.5 Å². The molecule has 0 aliphatic rings. The predicted octanol–water partition coefficient (Wildman–Crippen LogP) is 3.76. The summed E-state index contributed by atoms with van der Waals surface area (Å²) in [6, 6.07) is 10.6. The predicted molar refractivity (Wildman–Crippen MR) is 96.8 cm³/mol. The number of hydrogen-bond donors (Lipinski definition) is 2. The molecule has 0 heterocycles. The summed E-state index contributed by atoms with van der Waals surface area (Å²) in [5.41, 5.74) is 1.20. The van der Waals surface area contributed by atoms with Crippen LogP contribution in [0.15, 0.2) is 46.6 Å². The molecule has 0 aliphatic heterocycles. The highest BCUT2D eigenvalue weighted by Gasteiger charge is 2.04. The Bertz CT molecular complexity index is 685. The zero-order valence-electron chi connectivity index (χ0n) is 10.2. The number of aromatic hydroxyl groups is 2. The standard InChI is InChI=1S/C14H10I2N2O2/c15-11-5-10(14(20)12(16)6-11)8-18-17-7-9-3-1-2-4-13(9)19/h1-8,19-20H/b17-7-,18-8-. The number of benzene rings is 2. The summed E-state index contributed by atoms with van der Waals surface area (Å²) in [7, 11) is 0. The van der Waals surface area contributed by atoms with Crippen molar-refractivity contribution in [2.75, 3.05) is 0 Å². The number of nitrogens with zero attached hydrogens (tertiary/aromatic N) is 2. The lowest BCUT2D eigenvalue weighted by Gasteiger charge is -2.01. The minimum atomic E-state index is 0.151. The second kappa shape index (κ2) is 7.02. The molecule has 0 spiro atoms. The molecule has 2 aromatic rings. The zero-order valence-corrected chi connectivity index (χ0v) is 14.5. The Morgan fingerprint density at radius 1 is 0.900 bits per heavy atom. The number of hydrogen-bond acceptors (Lipinski definition) is 4. The fourth-order valence-corrected chi connectivity index (χ4v) is 3.36. The number of rotatable bonds is 3. The molecule has 0 aliphatic carbocycles. The van der Waals surface area contributed by atoms with E-state index < -0.39 is 0 Å². The van der Waals surface area contributed by atoms with Crippen LogP contribution in [0.25, 0.3) is 0 Å². The molecule has 0 radical (unpaired) electrons. The van der Waals surface area contributed by atoms with E-state index in [1.54, 1.807) is 24.3 Å². The molecule has 0 atom stereocenters. The molecular formula is C14H10I2N2O2. The summed E-state index contributed by atoms with van der Waals surface area (Å²) < 4.78 is 1.77. The van der Waals surface area contributed by atoms with Gasteiger partial charge in [-0.1, -0.05) is 12.1 Å². The van der Waals surface area contributed by atoms with Crippen LogP contribution in [0.2, 0.25) is 0 Å². The van der Waals surface area contributed by atoms with Crippen molar-refractivity contribution in [3.63, 3.8) is 0 Å². The lowest BCUT2D eigenvalue weighted by molar-refractivity contribution is 0.470. The topological polar surface area (TPSA) is 65.2 Å². The Morgan fingerprint density at radius 2 is 1.55 bits per heavy atom. The van der Waals surface area contributed by atoms with Crippen LogP contribution in [-0.4, -0.2) is 22.6 Å². The third kappa shape index (κ3) is 3.92. The largest absolute Gasteiger partial charge is 0.507 e. The molecule has 0 amide bonds. The molecule has 6 heteroatoms. The fraction of sp³-hybridized carbons (Fsp3) is 0. The molecule has 2 aromatic carbocycles. The van der Waals surface area contributed by atoms with Crippen molar-refractivity contribution in [2.24, 2.45) is 10.2 Å². The summed E-state index contributed by atoms with van der Waals surface area (Å²) in [6.45, 7) is 0. The van der Waals surface area contributed by atoms with E-state index in [1.165, 1.54) is 12.4 Å². The van der Waals surface area contributed by atoms with Gasteiger partial charge in [-0.3, -0.25) is 0 Å². The molecule has 0 saturated carbocycles. The van der Waals surface area contributed by atoms with Crippen LogP contribution in [0.1, 0.15) is 11.1 Å². The van der Waals surface area contributed by atoms with Crippen molar-refractivity contribution in [3.05, 3.63) is 54.7 Å². The lowest BCUT2D eigenvalue weighted by atomic mass is 10.2. The minimum Gasteiger partial charge on any atom is -0.507 e. The maximum Gasteiger partial charge on any atom is 0.137 e. The van der Waals surface area contributed by atoms with Gasteiger partial charge in [-0.2, -0.15) is 10.2 Å². The molecule has 4 nitrogen and oxygen atoms in total. The molecular weight excluding hydrogens is 482 g/mol. The molecule has 2 rings (SSSR count). The minimum absolute atomic E-state index is 0.151. The fourth-order valence-electron chi connectivity index (χ4n) is 1.47. The monoisotopic (exact) mass is 492 g/mol. The number of phenolic OH excluding ortho intramolecular Hbond substituents is 2. The first-order valence-corrected chi connectivity index (χ1v) is 7.76. The normalized spacial score (nSPS) is 11.5. The number of phenols is 2. The third-order valence-electron chi connectivity index (χ3n) is 2.45. The molecule has 0 unspecified atom stereocenters. The van der Waals surface area contributed by atoms with Crippen LogP contribution in [0, 0.1) is 7.14 Å². The molecule has 20 heavy (non-hydrogen) atoms. The summed E-state index contributed by atoms with van der Waals surface area (Å²) >= 11 is 4.24. The lowest BCUT2D eigenvalue weighted by Crippen LogP contribution is -1.87. The summed E-state index contributed by atoms with van der Waals surface area (Å²) in [5.74, 6) is 0.339. The highest BCUT2D eigenvalue weighted by Crippen LogP contribution is 2.25. The Hall–Kier alpha value is -1.16. The molecule has 0 saturated heterocycles. The van der Waals surface area contributed by atoms with E-state index >= 15 is 0 Å². The first kappa shape index (κ1) is 15.2. The Balaban J connectivity index is 2.17. The molecule has 2 N–H and O–H groups in total. The smallest absolute Gasteiger partial charge is 0.137 e. The Morgan fingerprint density at radius 3 is 2.25 bits per heavy atom. The van der Waals surface area contributed by atoms with Crippen molar-refractivity contribution in [2.45, 2.75) is 0 Å². The average Bonchev–Trinajstić information content (AvgIpc) is 2.41. The van der Waals surface area contributed by atoms with Crippen molar-refractivity contribution in [1.82, 2.24) is 0 Å². The van der Waals surface area contributed by atoms with Crippen molar-refractivity contribution < 1.29 is 10.2 Å². The van der Waals surface area contributed by atoms with Gasteiger partial charge in [0, 0.05) is 14.7 Å². The maximum absolute atomic E-state index is 9.89. The van der Waals surface area contributed by atoms with Gasteiger partial charge in [0.2, 0.25) is 0 Å². The van der Waals surface area contributed by atoms with E-state index in [0.29, 0.717) is 11.1 Å². The van der Waals surface area contributed by atoms with Gasteiger partial charge in [0.25, 0.3) is 0 Å². The summed E-state index contributed by atoms with van der Waals surface area (Å²) in [6.07, 6.45) is 2.94. The van der Waals surface area contributed by atoms with E-state index in [2.05, 4.69) is 55.4 Å². The highest BCUT2D eigenvalue weighted by molar-refractivity contribution is 14.1. The number of halogens is 2. The van der Waals surface area contributed by atoms with E-state index in [4.69, 9.17) is 0 Å². The quantitative estimate of drug-likeness (QED) is 0.390. The van der Waals surface area contributed by atoms with Gasteiger partial charge in [-0.15, -0.1) is 0 Å². The van der Waals surface area contributed by atoms with E-state index in [-0.39, 0.29) is 11.5 Å². The van der Waals surface area contributed by atoms with Crippen molar-refractivity contribution in [3.8, 4) is 11.5 Å². The van der Waals surface area contributed by atoms with E-state index in [1.807, 2.05) is 12.1 Å². The van der Waals surface area contributed by atoms with Gasteiger partial charge in [-0.25, -0.2) is 0 Å². The van der Waals surface area contributed by atoms with Crippen LogP contribution >= 0.6 is 45.2 Å². The van der Waals surface area contributed by atoms with Gasteiger partial charge in [0.05, 0.1) is 16.0 Å². The highest BCUT2D eigenvalue weighted by atomic mass is 127. The molecule has 0 fully saturated rings. The van der Waals surface area contributed by atoms with Gasteiger partial charge in [-0.05, 0) is 69.4 Å². The van der Waals surface area contributed by atoms with Gasteiger partial charge >= 0.3 is 0 Å². The summed E-state index contributed by atoms with van der Waals surface area (Å²) in [4.78, 5) is 0. The second-order valence-electron chi connectivity index (χ2n) is 3.87. The zero-order chi connectivity index (χ0) is 14.5. The van der Waals surface area contributed by atoms with Crippen LogP contribution < -0.4 is 0 Å². The van der Waals surface area contributed by atoms with Crippen LogP contribution in [0.5, 0.6) is 11.5 Å². The van der Waals surface area contributed by atoms with Gasteiger partial charge in [0.15, 0.2) is 0 Å². The van der Waals surface area contributed by atoms with Crippen molar-refractivity contribution >= 4 is 57.6 Å². The number of para-hydroxylation sites is 1. The maximum atomic E-state index is 9.89. The first-order valence-electron chi connectivity index (χ1n) is 5.60. The Kier molecular flexibility index (Phi) is 5.35. The van der Waals surface area contributed by atoms with Crippen molar-refractivity contribution in [1.29, 1.82) is 0 Å². The van der Waals surface area contributed by atoms with Gasteiger partial charge < -0.3 is 10.2 Å². The average molecular weight is 492 g/mol. The third-order valence-corrected chi connectivity index (χ3v) is 3.90. The van der Waals surface area contributed by atoms with Crippen LogP contribution in [0.3, 0.4) is 0 Å². The van der Waals surface area contributed by atoms with E-state index in [0.717, 1.165) is 7.14 Å².